The van der Waals surface area contributed by atoms with Crippen molar-refractivity contribution in [1.82, 2.24) is 14.4 Å². The van der Waals surface area contributed by atoms with Gasteiger partial charge in [-0.2, -0.15) is 4.98 Å². The van der Waals surface area contributed by atoms with Gasteiger partial charge in [-0.25, -0.2) is 9.78 Å². The highest BCUT2D eigenvalue weighted by molar-refractivity contribution is 6.09. The van der Waals surface area contributed by atoms with Crippen LogP contribution >= 0.6 is 0 Å². The summed E-state index contributed by atoms with van der Waals surface area (Å²) in [6.07, 6.45) is 1.70. The second-order valence-corrected chi connectivity index (χ2v) is 8.67. The third kappa shape index (κ3) is 3.21. The molecule has 36 heavy (non-hydrogen) atoms. The second kappa shape index (κ2) is 8.03. The van der Waals surface area contributed by atoms with Crippen molar-refractivity contribution in [3.63, 3.8) is 0 Å². The van der Waals surface area contributed by atoms with Crippen LogP contribution in [0.4, 0.5) is 0 Å². The minimum Gasteiger partial charge on any atom is -0.455 e. The maximum atomic E-state index is 12.8. The molecule has 0 saturated heterocycles. The monoisotopic (exact) mass is 465 g/mol. The van der Waals surface area contributed by atoms with Crippen molar-refractivity contribution in [2.24, 2.45) is 0 Å². The van der Waals surface area contributed by atoms with Gasteiger partial charge in [0.25, 0.3) is 0 Å². The number of para-hydroxylation sites is 2. The largest absolute Gasteiger partial charge is 0.455 e. The van der Waals surface area contributed by atoms with E-state index in [1.807, 2.05) is 60.7 Å². The molecule has 0 atom stereocenters. The number of benzene rings is 4. The Morgan fingerprint density at radius 2 is 1.28 bits per heavy atom. The van der Waals surface area contributed by atoms with Crippen LogP contribution in [0.15, 0.2) is 125 Å². The fraction of sp³-hybridized carbons (Fsp3) is 0. The van der Waals surface area contributed by atoms with E-state index in [1.165, 1.54) is 4.40 Å². The van der Waals surface area contributed by atoms with E-state index in [2.05, 4.69) is 53.5 Å². The van der Waals surface area contributed by atoms with Crippen molar-refractivity contribution in [2.45, 2.75) is 0 Å². The molecule has 5 heteroatoms. The van der Waals surface area contributed by atoms with Crippen molar-refractivity contribution in [1.29, 1.82) is 0 Å². The van der Waals surface area contributed by atoms with Gasteiger partial charge in [0.1, 0.15) is 11.2 Å². The highest BCUT2D eigenvalue weighted by Gasteiger charge is 2.14. The maximum absolute atomic E-state index is 12.8. The van der Waals surface area contributed by atoms with E-state index in [9.17, 15) is 4.79 Å². The van der Waals surface area contributed by atoms with Gasteiger partial charge in [-0.3, -0.25) is 4.40 Å². The molecule has 4 aromatic carbocycles. The zero-order valence-electron chi connectivity index (χ0n) is 19.1. The Hall–Kier alpha value is -5.03. The number of hydrogen-bond donors (Lipinski definition) is 0. The third-order valence-corrected chi connectivity index (χ3v) is 6.53. The summed E-state index contributed by atoms with van der Waals surface area (Å²) < 4.78 is 7.71. The van der Waals surface area contributed by atoms with Gasteiger partial charge in [-0.1, -0.05) is 91.0 Å². The molecule has 7 aromatic rings. The predicted molar refractivity (Wildman–Crippen MR) is 143 cm³/mol. The van der Waals surface area contributed by atoms with Crippen LogP contribution in [0.5, 0.6) is 0 Å². The van der Waals surface area contributed by atoms with Crippen LogP contribution in [0.25, 0.3) is 61.2 Å². The SMILES string of the molecule is O=c1nc(-c2ccccc2)nc2c(-c3ccc(-c4cccc5c4oc4ccccc45)cc3)cccn12. The van der Waals surface area contributed by atoms with Crippen LogP contribution in [0.3, 0.4) is 0 Å². The molecule has 3 heterocycles. The minimum absolute atomic E-state index is 0.353. The predicted octanol–water partition coefficient (Wildman–Crippen LogP) is 6.99. The molecular formula is C31H19N3O2. The molecule has 0 amide bonds. The molecule has 0 saturated carbocycles. The van der Waals surface area contributed by atoms with E-state index in [0.717, 1.165) is 49.8 Å². The molecule has 170 valence electrons. The number of hydrogen-bond acceptors (Lipinski definition) is 4. The number of aromatic nitrogens is 3. The van der Waals surface area contributed by atoms with Gasteiger partial charge < -0.3 is 4.42 Å². The first-order valence-corrected chi connectivity index (χ1v) is 11.7. The van der Waals surface area contributed by atoms with E-state index < -0.39 is 0 Å². The normalized spacial score (nSPS) is 11.4. The molecule has 0 spiro atoms. The fourth-order valence-electron chi connectivity index (χ4n) is 4.78. The van der Waals surface area contributed by atoms with Gasteiger partial charge in [0, 0.05) is 33.7 Å². The molecule has 0 aliphatic carbocycles. The Morgan fingerprint density at radius 3 is 2.11 bits per heavy atom. The van der Waals surface area contributed by atoms with Crippen LogP contribution in [0, 0.1) is 0 Å². The van der Waals surface area contributed by atoms with Gasteiger partial charge in [0.05, 0.1) is 0 Å². The van der Waals surface area contributed by atoms with Gasteiger partial charge in [-0.15, -0.1) is 0 Å². The van der Waals surface area contributed by atoms with Gasteiger partial charge in [-0.05, 0) is 29.3 Å². The molecule has 0 fully saturated rings. The van der Waals surface area contributed by atoms with Crippen molar-refractivity contribution in [2.75, 3.05) is 0 Å². The Labute approximate surface area is 205 Å². The number of rotatable bonds is 3. The van der Waals surface area contributed by atoms with E-state index in [-0.39, 0.29) is 5.69 Å². The number of fused-ring (bicyclic) bond motifs is 4. The molecule has 0 unspecified atom stereocenters. The topological polar surface area (TPSA) is 60.4 Å². The van der Waals surface area contributed by atoms with E-state index in [1.54, 1.807) is 6.20 Å². The van der Waals surface area contributed by atoms with E-state index in [0.29, 0.717) is 11.5 Å². The Bertz CT molecular complexity index is 1950. The van der Waals surface area contributed by atoms with E-state index in [4.69, 9.17) is 9.40 Å². The Balaban J connectivity index is 1.36. The fourth-order valence-corrected chi connectivity index (χ4v) is 4.78. The van der Waals surface area contributed by atoms with Gasteiger partial charge >= 0.3 is 5.69 Å². The summed E-state index contributed by atoms with van der Waals surface area (Å²) in [6, 6.07) is 36.0. The van der Waals surface area contributed by atoms with Gasteiger partial charge in [0.15, 0.2) is 11.5 Å². The smallest absolute Gasteiger partial charge is 0.355 e. The Kier molecular flexibility index (Phi) is 4.54. The molecule has 5 nitrogen and oxygen atoms in total. The standard InChI is InChI=1S/C31H19N3O2/c35-31-33-29(22-8-2-1-3-9-22)32-30-24(13-7-19-34(30)31)21-17-15-20(16-18-21)23-11-6-12-26-25-10-4-5-14-27(25)36-28(23)26/h1-19H. The van der Waals surface area contributed by atoms with Crippen LogP contribution in [-0.4, -0.2) is 14.4 Å². The third-order valence-electron chi connectivity index (χ3n) is 6.53. The van der Waals surface area contributed by atoms with Crippen LogP contribution in [0.1, 0.15) is 0 Å². The lowest BCUT2D eigenvalue weighted by atomic mass is 9.99. The van der Waals surface area contributed by atoms with Crippen LogP contribution < -0.4 is 5.69 Å². The van der Waals surface area contributed by atoms with E-state index >= 15 is 0 Å². The zero-order valence-corrected chi connectivity index (χ0v) is 19.1. The molecule has 0 aliphatic heterocycles. The molecule has 0 N–H and O–H groups in total. The quantitative estimate of drug-likeness (QED) is 0.282. The average Bonchev–Trinajstić information content (AvgIpc) is 3.32. The summed E-state index contributed by atoms with van der Waals surface area (Å²) in [5, 5.41) is 2.21. The summed E-state index contributed by atoms with van der Waals surface area (Å²) >= 11 is 0. The first-order valence-electron chi connectivity index (χ1n) is 11.7. The highest BCUT2D eigenvalue weighted by atomic mass is 16.3. The first kappa shape index (κ1) is 20.4. The van der Waals surface area contributed by atoms with Crippen LogP contribution in [0.2, 0.25) is 0 Å². The molecule has 0 radical (unpaired) electrons. The van der Waals surface area contributed by atoms with Gasteiger partial charge in [0.2, 0.25) is 0 Å². The minimum atomic E-state index is -0.353. The summed E-state index contributed by atoms with van der Waals surface area (Å²) in [6.45, 7) is 0. The van der Waals surface area contributed by atoms with Crippen molar-refractivity contribution in [3.05, 3.63) is 126 Å². The lowest BCUT2D eigenvalue weighted by Gasteiger charge is -2.10. The lowest BCUT2D eigenvalue weighted by molar-refractivity contribution is 0.670. The summed E-state index contributed by atoms with van der Waals surface area (Å²) in [4.78, 5) is 21.8. The number of nitrogens with zero attached hydrogens (tertiary/aromatic N) is 3. The van der Waals surface area contributed by atoms with Crippen molar-refractivity contribution >= 4 is 27.6 Å². The number of pyridine rings is 1. The highest BCUT2D eigenvalue weighted by Crippen LogP contribution is 2.36. The average molecular weight is 466 g/mol. The summed E-state index contributed by atoms with van der Waals surface area (Å²) in [5.74, 6) is 0.418. The first-order chi connectivity index (χ1) is 17.8. The zero-order chi connectivity index (χ0) is 24.1. The van der Waals surface area contributed by atoms with Crippen LogP contribution in [-0.2, 0) is 0 Å². The van der Waals surface area contributed by atoms with Crippen molar-refractivity contribution < 1.29 is 4.42 Å². The summed E-state index contributed by atoms with van der Waals surface area (Å²) in [7, 11) is 0. The maximum Gasteiger partial charge on any atom is 0.355 e. The number of furan rings is 1. The molecular weight excluding hydrogens is 446 g/mol. The Morgan fingerprint density at radius 1 is 0.583 bits per heavy atom. The molecule has 3 aromatic heterocycles. The van der Waals surface area contributed by atoms with Crippen molar-refractivity contribution in [3.8, 4) is 33.6 Å². The molecule has 0 bridgehead atoms. The molecule has 7 rings (SSSR count). The molecule has 0 aliphatic rings. The lowest BCUT2D eigenvalue weighted by Crippen LogP contribution is -2.19. The summed E-state index contributed by atoms with van der Waals surface area (Å²) in [5.41, 5.74) is 6.71. The second-order valence-electron chi connectivity index (χ2n) is 8.67.